The summed E-state index contributed by atoms with van der Waals surface area (Å²) in [5.41, 5.74) is 0. The summed E-state index contributed by atoms with van der Waals surface area (Å²) < 4.78 is 0. The Morgan fingerprint density at radius 1 is 1.40 bits per heavy atom. The van der Waals surface area contributed by atoms with Crippen molar-refractivity contribution in [3.8, 4) is 6.57 Å². The predicted octanol–water partition coefficient (Wildman–Crippen LogP) is -2.32. The third-order valence-electron chi connectivity index (χ3n) is 0. The van der Waals surface area contributed by atoms with Crippen LogP contribution >= 0.6 is 12.4 Å². The second-order valence-electron chi connectivity index (χ2n) is 0. The molecule has 0 saturated carbocycles. The van der Waals surface area contributed by atoms with E-state index in [4.69, 9.17) is 5.26 Å². The van der Waals surface area contributed by atoms with Crippen LogP contribution in [-0.4, -0.2) is 0 Å². The molecule has 5 heavy (non-hydrogen) atoms. The summed E-state index contributed by atoms with van der Waals surface area (Å²) in [7, 11) is 0. The first-order chi connectivity index (χ1) is 1.00. The molecule has 0 amide bonds. The molecule has 0 atom stereocenters. The van der Waals surface area contributed by atoms with Gasteiger partial charge in [0.1, 0.15) is 0 Å². The average Bonchev–Trinajstić information content (AvgIpc) is 1.00. The van der Waals surface area contributed by atoms with Gasteiger partial charge < -0.3 is 1.43 Å². The summed E-state index contributed by atoms with van der Waals surface area (Å²) in [4.78, 5) is 0. The quantitative estimate of drug-likeness (QED) is 0.342. The summed E-state index contributed by atoms with van der Waals surface area (Å²) in [6.07, 6.45) is 0. The average molecular weight is 135 g/mol. The van der Waals surface area contributed by atoms with Gasteiger partial charge in [0.15, 0.2) is 0 Å². The molecule has 0 aromatic carbocycles. The maximum Gasteiger partial charge on any atom is 1.00 e. The summed E-state index contributed by atoms with van der Waals surface area (Å²) in [6, 6.07) is 0. The van der Waals surface area contributed by atoms with E-state index in [-0.39, 0.29) is 49.8 Å². The SMILES string of the molecule is C#N.Cl.[Cu].[H-].[Li+]. The van der Waals surface area contributed by atoms with Crippen LogP contribution in [0.2, 0.25) is 0 Å². The fraction of sp³-hybridized carbons (Fsp3) is 0. The molecule has 0 saturated heterocycles. The number of rotatable bonds is 0. The molecule has 31 valence electrons. The molecule has 0 aromatic rings. The minimum absolute atomic E-state index is 0. The molecule has 1 nitrogen and oxygen atoms in total. The van der Waals surface area contributed by atoms with E-state index in [0.29, 0.717) is 0 Å². The number of halogens is 1. The molecule has 4 heteroatoms. The molecule has 0 bridgehead atoms. The number of nitriles is 1. The van der Waals surface area contributed by atoms with E-state index in [1.54, 1.807) is 0 Å². The second-order valence-corrected chi connectivity index (χ2v) is 0. The number of nitrogens with zero attached hydrogens (tertiary/aromatic N) is 1. The standard InChI is InChI=1S/CHN.ClH.Cu.Li.H/c1-2;;;;/h1H;1H;;;/q;;;+1;-1. The molecule has 0 fully saturated rings. The Bertz CT molecular complexity index is 20.3. The summed E-state index contributed by atoms with van der Waals surface area (Å²) in [5, 5.41) is 6.50. The zero-order valence-electron chi connectivity index (χ0n) is 3.73. The Hall–Kier alpha value is 0.897. The molecule has 0 aliphatic carbocycles. The zero-order chi connectivity index (χ0) is 2.00. The van der Waals surface area contributed by atoms with Crippen LogP contribution in [0.25, 0.3) is 0 Å². The fourth-order valence-corrected chi connectivity index (χ4v) is 0. The van der Waals surface area contributed by atoms with Crippen LogP contribution < -0.4 is 18.9 Å². The van der Waals surface area contributed by atoms with Crippen molar-refractivity contribution in [2.24, 2.45) is 0 Å². The van der Waals surface area contributed by atoms with Crippen molar-refractivity contribution in [1.29, 1.82) is 5.26 Å². The molecule has 0 heterocycles. The van der Waals surface area contributed by atoms with E-state index >= 15 is 0 Å². The van der Waals surface area contributed by atoms with Crippen molar-refractivity contribution in [2.75, 3.05) is 0 Å². The molecule has 0 N–H and O–H groups in total. The number of hydrogen-bond acceptors (Lipinski definition) is 1. The molecule has 0 aliphatic rings. The van der Waals surface area contributed by atoms with E-state index < -0.39 is 0 Å². The Morgan fingerprint density at radius 3 is 1.40 bits per heavy atom. The minimum atomic E-state index is 0. The largest absolute Gasteiger partial charge is 1.00 e. The maximum absolute atomic E-state index is 6.50. The van der Waals surface area contributed by atoms with Crippen molar-refractivity contribution in [3.63, 3.8) is 0 Å². The van der Waals surface area contributed by atoms with Gasteiger partial charge in [-0.05, 0) is 0 Å². The van der Waals surface area contributed by atoms with E-state index in [0.717, 1.165) is 0 Å². The van der Waals surface area contributed by atoms with E-state index in [1.165, 1.54) is 0 Å². The van der Waals surface area contributed by atoms with Gasteiger partial charge in [-0.2, -0.15) is 0 Å². The van der Waals surface area contributed by atoms with Gasteiger partial charge in [0.2, 0.25) is 0 Å². The van der Waals surface area contributed by atoms with Crippen molar-refractivity contribution < 1.29 is 37.4 Å². The summed E-state index contributed by atoms with van der Waals surface area (Å²) >= 11 is 0. The molecule has 0 rings (SSSR count). The van der Waals surface area contributed by atoms with Crippen LogP contribution in [-0.2, 0) is 17.1 Å². The summed E-state index contributed by atoms with van der Waals surface area (Å²) in [6.45, 7) is 3.50. The predicted molar refractivity (Wildman–Crippen MR) is 15.0 cm³/mol. The van der Waals surface area contributed by atoms with E-state index in [2.05, 4.69) is 6.57 Å². The molecular formula is CH3ClCuLiN. The maximum atomic E-state index is 6.50. The van der Waals surface area contributed by atoms with Crippen LogP contribution in [0.1, 0.15) is 1.43 Å². The second kappa shape index (κ2) is 92.4. The van der Waals surface area contributed by atoms with Gasteiger partial charge in [0.05, 0.1) is 0 Å². The van der Waals surface area contributed by atoms with Gasteiger partial charge in [-0.1, -0.05) is 0 Å². The smallest absolute Gasteiger partial charge is 1.00 e. The molecule has 0 unspecified atom stereocenters. The van der Waals surface area contributed by atoms with Gasteiger partial charge >= 0.3 is 18.9 Å². The third-order valence-corrected chi connectivity index (χ3v) is 0. The third kappa shape index (κ3) is 51.1. The van der Waals surface area contributed by atoms with Gasteiger partial charge in [-0.3, -0.25) is 0 Å². The molecular weight excluding hydrogens is 132 g/mol. The van der Waals surface area contributed by atoms with Crippen molar-refractivity contribution in [3.05, 3.63) is 0 Å². The Kier molecular flexibility index (Phi) is 727. The topological polar surface area (TPSA) is 23.8 Å². The van der Waals surface area contributed by atoms with Crippen molar-refractivity contribution in [2.45, 2.75) is 0 Å². The zero-order valence-corrected chi connectivity index (χ0v) is 4.49. The monoisotopic (exact) mass is 134 g/mol. The van der Waals surface area contributed by atoms with Gasteiger partial charge in [-0.25, -0.2) is 5.26 Å². The summed E-state index contributed by atoms with van der Waals surface area (Å²) in [5.74, 6) is 0. The van der Waals surface area contributed by atoms with E-state index in [1.807, 2.05) is 0 Å². The first-order valence-electron chi connectivity index (χ1n) is 0.258. The van der Waals surface area contributed by atoms with E-state index in [9.17, 15) is 0 Å². The number of hydrogen-bond donors (Lipinski definition) is 0. The molecule has 0 aromatic heterocycles. The van der Waals surface area contributed by atoms with Crippen molar-refractivity contribution >= 4 is 12.4 Å². The van der Waals surface area contributed by atoms with Gasteiger partial charge in [0, 0.05) is 23.6 Å². The first kappa shape index (κ1) is 39.3. The van der Waals surface area contributed by atoms with Crippen LogP contribution in [0, 0.1) is 11.8 Å². The van der Waals surface area contributed by atoms with Crippen LogP contribution in [0.3, 0.4) is 0 Å². The molecule has 0 spiro atoms. The Balaban J connectivity index is -0.000000000833. The van der Waals surface area contributed by atoms with Gasteiger partial charge in [0.25, 0.3) is 0 Å². The van der Waals surface area contributed by atoms with Crippen LogP contribution in [0.15, 0.2) is 0 Å². The van der Waals surface area contributed by atoms with Crippen LogP contribution in [0.4, 0.5) is 0 Å². The fourth-order valence-electron chi connectivity index (χ4n) is 0. The Morgan fingerprint density at radius 2 is 1.40 bits per heavy atom. The minimum Gasteiger partial charge on any atom is -1.00 e. The van der Waals surface area contributed by atoms with Gasteiger partial charge in [-0.15, -0.1) is 12.4 Å². The normalized spacial score (nSPS) is 0.400. The van der Waals surface area contributed by atoms with Crippen LogP contribution in [0.5, 0.6) is 0 Å². The molecule has 0 aliphatic heterocycles. The Labute approximate surface area is 61.7 Å². The van der Waals surface area contributed by atoms with Crippen molar-refractivity contribution in [1.82, 2.24) is 0 Å². The first-order valence-corrected chi connectivity index (χ1v) is 0.258. The molecule has 1 radical (unpaired) electrons.